The van der Waals surface area contributed by atoms with Gasteiger partial charge in [-0.1, -0.05) is 11.8 Å². The number of amides is 3. The highest BCUT2D eigenvalue weighted by Gasteiger charge is 2.27. The number of imidazole rings is 1. The zero-order chi connectivity index (χ0) is 21.0. The maximum absolute atomic E-state index is 12.9. The molecule has 0 unspecified atom stereocenters. The van der Waals surface area contributed by atoms with Gasteiger partial charge in [0.1, 0.15) is 0 Å². The van der Waals surface area contributed by atoms with Gasteiger partial charge >= 0.3 is 6.03 Å². The van der Waals surface area contributed by atoms with E-state index in [-0.39, 0.29) is 10.6 Å². The number of carbonyl (C=O) groups excluding carboxylic acids is 2. The van der Waals surface area contributed by atoms with Crippen LogP contribution in [0, 0.1) is 0 Å². The maximum atomic E-state index is 12.9. The fourth-order valence-electron chi connectivity index (χ4n) is 2.96. The molecule has 29 heavy (non-hydrogen) atoms. The molecule has 1 aliphatic heterocycles. The van der Waals surface area contributed by atoms with E-state index in [0.717, 1.165) is 5.52 Å². The summed E-state index contributed by atoms with van der Waals surface area (Å²) in [6.07, 6.45) is 0. The van der Waals surface area contributed by atoms with Gasteiger partial charge in [0.25, 0.3) is 0 Å². The summed E-state index contributed by atoms with van der Waals surface area (Å²) in [6, 6.07) is 4.29. The molecule has 1 aromatic carbocycles. The second-order valence-corrected chi connectivity index (χ2v) is 9.10. The van der Waals surface area contributed by atoms with Gasteiger partial charge in [-0.05, 0) is 25.1 Å². The van der Waals surface area contributed by atoms with Crippen molar-refractivity contribution < 1.29 is 22.7 Å². The van der Waals surface area contributed by atoms with Crippen molar-refractivity contribution in [3.63, 3.8) is 0 Å². The molecule has 2 aromatic rings. The first-order valence-electron chi connectivity index (χ1n) is 9.09. The predicted octanol–water partition coefficient (Wildman–Crippen LogP) is 0.625. The van der Waals surface area contributed by atoms with Gasteiger partial charge in [0, 0.05) is 26.7 Å². The molecule has 1 aliphatic rings. The van der Waals surface area contributed by atoms with E-state index in [1.165, 1.54) is 23.1 Å². The van der Waals surface area contributed by atoms with E-state index in [1.807, 2.05) is 11.5 Å². The van der Waals surface area contributed by atoms with Gasteiger partial charge in [0.15, 0.2) is 5.16 Å². The molecular formula is C17H23N5O5S2. The minimum absolute atomic E-state index is 0.00960. The fourth-order valence-corrected chi connectivity index (χ4v) is 5.26. The molecule has 1 aromatic heterocycles. The highest BCUT2D eigenvalue weighted by Crippen LogP contribution is 2.27. The number of sulfonamides is 1. The number of nitrogens with one attached hydrogen (secondary N) is 2. The van der Waals surface area contributed by atoms with E-state index >= 15 is 0 Å². The molecular weight excluding hydrogens is 418 g/mol. The van der Waals surface area contributed by atoms with Crippen molar-refractivity contribution in [2.24, 2.45) is 0 Å². The summed E-state index contributed by atoms with van der Waals surface area (Å²) in [5.74, 6) is -0.435. The Morgan fingerprint density at radius 3 is 2.66 bits per heavy atom. The van der Waals surface area contributed by atoms with Gasteiger partial charge in [-0.3, -0.25) is 10.1 Å². The monoisotopic (exact) mass is 441 g/mol. The van der Waals surface area contributed by atoms with E-state index in [4.69, 9.17) is 4.74 Å². The molecule has 2 N–H and O–H groups in total. The molecule has 10 nitrogen and oxygen atoms in total. The average molecular weight is 442 g/mol. The van der Waals surface area contributed by atoms with Crippen LogP contribution in [0.15, 0.2) is 28.3 Å². The quantitative estimate of drug-likeness (QED) is 0.630. The Morgan fingerprint density at radius 2 is 2.00 bits per heavy atom. The van der Waals surface area contributed by atoms with Crippen LogP contribution in [0.25, 0.3) is 11.0 Å². The van der Waals surface area contributed by atoms with Crippen LogP contribution in [0.5, 0.6) is 0 Å². The second kappa shape index (κ2) is 9.11. The Labute approximate surface area is 173 Å². The molecule has 1 saturated heterocycles. The lowest BCUT2D eigenvalue weighted by Gasteiger charge is -2.26. The highest BCUT2D eigenvalue weighted by molar-refractivity contribution is 7.99. The van der Waals surface area contributed by atoms with Gasteiger partial charge in [-0.15, -0.1) is 0 Å². The summed E-state index contributed by atoms with van der Waals surface area (Å²) in [6.45, 7) is 3.95. The van der Waals surface area contributed by atoms with Crippen LogP contribution in [0.2, 0.25) is 0 Å². The number of hydrogen-bond donors (Lipinski definition) is 2. The first-order chi connectivity index (χ1) is 13.9. The number of thioether (sulfide) groups is 1. The SMILES string of the molecule is CCn1c(SCC(=O)NC(=O)NC)nc2cc(S(=O)(=O)N3CCOCC3)ccc21. The molecule has 3 rings (SSSR count). The number of hydrogen-bond acceptors (Lipinski definition) is 7. The molecule has 2 heterocycles. The first kappa shape index (κ1) is 21.6. The Bertz CT molecular complexity index is 1010. The molecule has 0 bridgehead atoms. The van der Waals surface area contributed by atoms with Crippen LogP contribution in [-0.4, -0.2) is 73.3 Å². The van der Waals surface area contributed by atoms with Crippen molar-refractivity contribution in [3.8, 4) is 0 Å². The van der Waals surface area contributed by atoms with Crippen LogP contribution in [0.3, 0.4) is 0 Å². The topological polar surface area (TPSA) is 123 Å². The average Bonchev–Trinajstić information content (AvgIpc) is 3.09. The van der Waals surface area contributed by atoms with E-state index in [0.29, 0.717) is 43.5 Å². The number of morpholine rings is 1. The summed E-state index contributed by atoms with van der Waals surface area (Å²) >= 11 is 1.18. The molecule has 1 fully saturated rings. The van der Waals surface area contributed by atoms with Crippen molar-refractivity contribution in [2.45, 2.75) is 23.5 Å². The number of carbonyl (C=O) groups is 2. The van der Waals surface area contributed by atoms with Crippen LogP contribution in [0.4, 0.5) is 4.79 Å². The normalized spacial score (nSPS) is 15.4. The molecule has 0 atom stereocenters. The number of aryl methyl sites for hydroxylation is 1. The molecule has 0 spiro atoms. The zero-order valence-corrected chi connectivity index (χ0v) is 17.8. The smallest absolute Gasteiger partial charge is 0.321 e. The standard InChI is InChI=1S/C17H23N5O5S2/c1-3-22-14-5-4-12(29(25,26)21-6-8-27-9-7-21)10-13(14)19-17(22)28-11-15(23)20-16(24)18-2/h4-5,10H,3,6-9,11H2,1-2H3,(H2,18,20,23,24). The lowest BCUT2D eigenvalue weighted by Crippen LogP contribution is -2.40. The predicted molar refractivity (Wildman–Crippen MR) is 108 cm³/mol. The number of benzene rings is 1. The molecule has 158 valence electrons. The Hall–Kier alpha value is -2.15. The number of nitrogens with zero attached hydrogens (tertiary/aromatic N) is 3. The molecule has 0 radical (unpaired) electrons. The first-order valence-corrected chi connectivity index (χ1v) is 11.5. The van der Waals surface area contributed by atoms with Crippen molar-refractivity contribution >= 4 is 44.8 Å². The van der Waals surface area contributed by atoms with Crippen LogP contribution in [0.1, 0.15) is 6.92 Å². The lowest BCUT2D eigenvalue weighted by atomic mass is 10.3. The Balaban J connectivity index is 1.84. The molecule has 12 heteroatoms. The summed E-state index contributed by atoms with van der Waals surface area (Å²) in [4.78, 5) is 27.7. The van der Waals surface area contributed by atoms with Crippen molar-refractivity contribution in [1.82, 2.24) is 24.5 Å². The van der Waals surface area contributed by atoms with E-state index in [9.17, 15) is 18.0 Å². The van der Waals surface area contributed by atoms with Gasteiger partial charge in [-0.2, -0.15) is 4.31 Å². The third-order valence-electron chi connectivity index (χ3n) is 4.42. The lowest BCUT2D eigenvalue weighted by molar-refractivity contribution is -0.117. The number of ether oxygens (including phenoxy) is 1. The maximum Gasteiger partial charge on any atom is 0.321 e. The Kier molecular flexibility index (Phi) is 6.77. The van der Waals surface area contributed by atoms with E-state index in [2.05, 4.69) is 15.6 Å². The summed E-state index contributed by atoms with van der Waals surface area (Å²) in [7, 11) is -2.19. The number of fused-ring (bicyclic) bond motifs is 1. The van der Waals surface area contributed by atoms with Crippen molar-refractivity contribution in [3.05, 3.63) is 18.2 Å². The van der Waals surface area contributed by atoms with E-state index in [1.54, 1.807) is 18.2 Å². The Morgan fingerprint density at radius 1 is 1.28 bits per heavy atom. The largest absolute Gasteiger partial charge is 0.379 e. The second-order valence-electron chi connectivity index (χ2n) is 6.22. The number of aromatic nitrogens is 2. The van der Waals surface area contributed by atoms with Gasteiger partial charge in [-0.25, -0.2) is 18.2 Å². The highest BCUT2D eigenvalue weighted by atomic mass is 32.2. The molecule has 3 amide bonds. The number of urea groups is 1. The summed E-state index contributed by atoms with van der Waals surface area (Å²) < 4.78 is 34.3. The third kappa shape index (κ3) is 4.71. The number of imide groups is 1. The summed E-state index contributed by atoms with van der Waals surface area (Å²) in [5.41, 5.74) is 1.32. The third-order valence-corrected chi connectivity index (χ3v) is 7.29. The molecule has 0 saturated carbocycles. The van der Waals surface area contributed by atoms with Gasteiger partial charge in [0.05, 0.1) is 34.9 Å². The van der Waals surface area contributed by atoms with Crippen LogP contribution < -0.4 is 10.6 Å². The van der Waals surface area contributed by atoms with E-state index < -0.39 is 22.0 Å². The number of rotatable bonds is 6. The zero-order valence-electron chi connectivity index (χ0n) is 16.2. The van der Waals surface area contributed by atoms with Crippen LogP contribution in [-0.2, 0) is 26.1 Å². The fraction of sp³-hybridized carbons (Fsp3) is 0.471. The van der Waals surface area contributed by atoms with Crippen molar-refractivity contribution in [1.29, 1.82) is 0 Å². The minimum Gasteiger partial charge on any atom is -0.379 e. The summed E-state index contributed by atoms with van der Waals surface area (Å²) in [5, 5.41) is 5.09. The van der Waals surface area contributed by atoms with Crippen molar-refractivity contribution in [2.75, 3.05) is 39.1 Å². The molecule has 0 aliphatic carbocycles. The van der Waals surface area contributed by atoms with Gasteiger partial charge in [0.2, 0.25) is 15.9 Å². The van der Waals surface area contributed by atoms with Crippen LogP contribution >= 0.6 is 11.8 Å². The minimum atomic E-state index is -3.62. The van der Waals surface area contributed by atoms with Gasteiger partial charge < -0.3 is 14.6 Å².